The van der Waals surface area contributed by atoms with Gasteiger partial charge in [0.15, 0.2) is 0 Å². The first-order chi connectivity index (χ1) is 7.68. The molecule has 1 amide bonds. The van der Waals surface area contributed by atoms with Crippen molar-refractivity contribution in [2.45, 2.75) is 25.4 Å². The lowest BCUT2D eigenvalue weighted by molar-refractivity contribution is -0.128. The topological polar surface area (TPSA) is 45.2 Å². The Kier molecular flexibility index (Phi) is 3.19. The van der Waals surface area contributed by atoms with Gasteiger partial charge in [0.05, 0.1) is 6.04 Å². The van der Waals surface area contributed by atoms with Crippen LogP contribution in [0.3, 0.4) is 0 Å². The number of carbonyl (C=O) groups excluding carboxylic acids is 1. The number of likely N-dealkylation sites (tertiary alicyclic amines) is 1. The number of nitrogens with zero attached hydrogens (tertiary/aromatic N) is 2. The largest absolute Gasteiger partial charge is 0.344 e. The molecule has 1 aliphatic heterocycles. The van der Waals surface area contributed by atoms with Crippen LogP contribution in [0.15, 0.2) is 24.5 Å². The van der Waals surface area contributed by atoms with Crippen molar-refractivity contribution in [1.29, 1.82) is 0 Å². The summed E-state index contributed by atoms with van der Waals surface area (Å²) in [5, 5.41) is 3.36. The van der Waals surface area contributed by atoms with E-state index in [1.807, 2.05) is 19.2 Å². The summed E-state index contributed by atoms with van der Waals surface area (Å²) in [4.78, 5) is 17.5. The molecule has 2 rings (SSSR count). The number of carbonyl (C=O) groups is 1. The Balaban J connectivity index is 1.98. The van der Waals surface area contributed by atoms with Gasteiger partial charge in [0.1, 0.15) is 0 Å². The molecule has 1 aromatic heterocycles. The number of amides is 1. The molecule has 0 saturated carbocycles. The fourth-order valence-electron chi connectivity index (χ4n) is 2.03. The molecule has 4 nitrogen and oxygen atoms in total. The number of pyridine rings is 1. The van der Waals surface area contributed by atoms with E-state index in [1.54, 1.807) is 17.3 Å². The van der Waals surface area contributed by atoms with Crippen LogP contribution in [0.25, 0.3) is 0 Å². The molecular weight excluding hydrogens is 202 g/mol. The lowest BCUT2D eigenvalue weighted by Crippen LogP contribution is -2.38. The highest BCUT2D eigenvalue weighted by Crippen LogP contribution is 2.16. The third-order valence-corrected chi connectivity index (χ3v) is 3.08. The molecule has 1 saturated heterocycles. The van der Waals surface area contributed by atoms with Crippen LogP contribution in [-0.4, -0.2) is 35.4 Å². The Hall–Kier alpha value is -1.42. The minimum absolute atomic E-state index is 0.0341. The molecule has 0 aromatic carbocycles. The normalized spacial score (nSPS) is 22.5. The smallest absolute Gasteiger partial charge is 0.239 e. The van der Waals surface area contributed by atoms with E-state index < -0.39 is 0 Å². The predicted octanol–water partition coefficient (Wildman–Crippen LogP) is 0.963. The maximum absolute atomic E-state index is 11.7. The van der Waals surface area contributed by atoms with Gasteiger partial charge in [-0.1, -0.05) is 0 Å². The number of likely N-dealkylation sites (N-methyl/N-ethyl adjacent to an activating group) is 1. The van der Waals surface area contributed by atoms with Crippen LogP contribution in [0.5, 0.6) is 0 Å². The Morgan fingerprint density at radius 1 is 1.50 bits per heavy atom. The van der Waals surface area contributed by atoms with Crippen molar-refractivity contribution in [1.82, 2.24) is 15.2 Å². The van der Waals surface area contributed by atoms with E-state index in [-0.39, 0.29) is 18.0 Å². The lowest BCUT2D eigenvalue weighted by atomic mass is 10.1. The number of rotatable bonds is 3. The first kappa shape index (κ1) is 11.1. The number of aromatic nitrogens is 1. The summed E-state index contributed by atoms with van der Waals surface area (Å²) in [5.41, 5.74) is 1.16. The highest BCUT2D eigenvalue weighted by molar-refractivity contribution is 5.83. The fourth-order valence-corrected chi connectivity index (χ4v) is 2.03. The van der Waals surface area contributed by atoms with Crippen molar-refractivity contribution in [3.05, 3.63) is 30.1 Å². The van der Waals surface area contributed by atoms with Crippen molar-refractivity contribution in [3.63, 3.8) is 0 Å². The van der Waals surface area contributed by atoms with Gasteiger partial charge in [0, 0.05) is 32.0 Å². The molecule has 1 aliphatic rings. The highest BCUT2D eigenvalue weighted by Gasteiger charge is 2.29. The monoisotopic (exact) mass is 219 g/mol. The summed E-state index contributed by atoms with van der Waals surface area (Å²) >= 11 is 0. The summed E-state index contributed by atoms with van der Waals surface area (Å²) in [7, 11) is 1.85. The number of hydrogen-bond acceptors (Lipinski definition) is 3. The second kappa shape index (κ2) is 4.61. The molecule has 4 heteroatoms. The quantitative estimate of drug-likeness (QED) is 0.823. The van der Waals surface area contributed by atoms with Crippen LogP contribution in [0.1, 0.15) is 24.9 Å². The van der Waals surface area contributed by atoms with Gasteiger partial charge in [-0.05, 0) is 31.0 Å². The van der Waals surface area contributed by atoms with Crippen molar-refractivity contribution < 1.29 is 4.79 Å². The van der Waals surface area contributed by atoms with E-state index in [0.717, 1.165) is 18.5 Å². The van der Waals surface area contributed by atoms with Gasteiger partial charge in [-0.2, -0.15) is 0 Å². The summed E-state index contributed by atoms with van der Waals surface area (Å²) in [6.45, 7) is 2.92. The molecule has 1 N–H and O–H groups in total. The molecule has 2 heterocycles. The van der Waals surface area contributed by atoms with Gasteiger partial charge in [0.25, 0.3) is 0 Å². The minimum atomic E-state index is -0.0341. The SMILES string of the molecule is CC(NC1CCN(C)C1=O)c1ccncc1. The van der Waals surface area contributed by atoms with Gasteiger partial charge in [-0.15, -0.1) is 0 Å². The number of nitrogens with one attached hydrogen (secondary N) is 1. The van der Waals surface area contributed by atoms with Crippen molar-refractivity contribution in [3.8, 4) is 0 Å². The van der Waals surface area contributed by atoms with E-state index >= 15 is 0 Å². The van der Waals surface area contributed by atoms with Crippen LogP contribution in [-0.2, 0) is 4.79 Å². The number of hydrogen-bond donors (Lipinski definition) is 1. The van der Waals surface area contributed by atoms with E-state index in [9.17, 15) is 4.79 Å². The standard InChI is InChI=1S/C12H17N3O/c1-9(10-3-6-13-7-4-10)14-11-5-8-15(2)12(11)16/h3-4,6-7,9,11,14H,5,8H2,1-2H3. The zero-order valence-corrected chi connectivity index (χ0v) is 9.68. The third kappa shape index (κ3) is 2.22. The fraction of sp³-hybridized carbons (Fsp3) is 0.500. The molecule has 0 aliphatic carbocycles. The second-order valence-corrected chi connectivity index (χ2v) is 4.27. The summed E-state index contributed by atoms with van der Waals surface area (Å²) in [5.74, 6) is 0.195. The van der Waals surface area contributed by atoms with Gasteiger partial charge in [-0.3, -0.25) is 15.1 Å². The van der Waals surface area contributed by atoms with Gasteiger partial charge < -0.3 is 4.90 Å². The summed E-state index contributed by atoms with van der Waals surface area (Å²) < 4.78 is 0. The van der Waals surface area contributed by atoms with Crippen LogP contribution >= 0.6 is 0 Å². The average Bonchev–Trinajstić information content (AvgIpc) is 2.62. The van der Waals surface area contributed by atoms with Crippen LogP contribution in [0.2, 0.25) is 0 Å². The second-order valence-electron chi connectivity index (χ2n) is 4.27. The summed E-state index contributed by atoms with van der Waals surface area (Å²) in [6.07, 6.45) is 4.44. The van der Waals surface area contributed by atoms with Gasteiger partial charge >= 0.3 is 0 Å². The van der Waals surface area contributed by atoms with E-state index in [1.165, 1.54) is 0 Å². The Bertz CT molecular complexity index is 366. The Labute approximate surface area is 95.7 Å². The van der Waals surface area contributed by atoms with E-state index in [2.05, 4.69) is 17.2 Å². The van der Waals surface area contributed by atoms with Crippen molar-refractivity contribution in [2.75, 3.05) is 13.6 Å². The molecule has 16 heavy (non-hydrogen) atoms. The van der Waals surface area contributed by atoms with Gasteiger partial charge in [-0.25, -0.2) is 0 Å². The van der Waals surface area contributed by atoms with E-state index in [4.69, 9.17) is 0 Å². The van der Waals surface area contributed by atoms with Crippen LogP contribution in [0.4, 0.5) is 0 Å². The Morgan fingerprint density at radius 2 is 2.19 bits per heavy atom. The first-order valence-electron chi connectivity index (χ1n) is 5.59. The molecule has 86 valence electrons. The predicted molar refractivity (Wildman–Crippen MR) is 61.8 cm³/mol. The van der Waals surface area contributed by atoms with Crippen LogP contribution in [0, 0.1) is 0 Å². The molecule has 0 bridgehead atoms. The molecule has 1 aromatic rings. The highest BCUT2D eigenvalue weighted by atomic mass is 16.2. The zero-order chi connectivity index (χ0) is 11.5. The van der Waals surface area contributed by atoms with Crippen molar-refractivity contribution >= 4 is 5.91 Å². The first-order valence-corrected chi connectivity index (χ1v) is 5.59. The van der Waals surface area contributed by atoms with E-state index in [0.29, 0.717) is 0 Å². The molecule has 2 atom stereocenters. The zero-order valence-electron chi connectivity index (χ0n) is 9.68. The molecular formula is C12H17N3O. The molecule has 2 unspecified atom stereocenters. The molecule has 1 fully saturated rings. The molecule has 0 spiro atoms. The Morgan fingerprint density at radius 3 is 2.75 bits per heavy atom. The van der Waals surface area contributed by atoms with Gasteiger partial charge in [0.2, 0.25) is 5.91 Å². The maximum Gasteiger partial charge on any atom is 0.239 e. The lowest BCUT2D eigenvalue weighted by Gasteiger charge is -2.18. The molecule has 0 radical (unpaired) electrons. The minimum Gasteiger partial charge on any atom is -0.344 e. The maximum atomic E-state index is 11.7. The summed E-state index contributed by atoms with van der Waals surface area (Å²) in [6, 6.07) is 4.10. The third-order valence-electron chi connectivity index (χ3n) is 3.08. The average molecular weight is 219 g/mol. The van der Waals surface area contributed by atoms with Crippen LogP contribution < -0.4 is 5.32 Å². The van der Waals surface area contributed by atoms with Crippen molar-refractivity contribution in [2.24, 2.45) is 0 Å².